The molecule has 0 atom stereocenters. The molecule has 4 heteroatoms. The van der Waals surface area contributed by atoms with Gasteiger partial charge in [-0.25, -0.2) is 4.98 Å². The Kier molecular flexibility index (Phi) is 4.47. The fraction of sp³-hybridized carbons (Fsp3) is 0.429. The molecular weight excluding hydrogens is 224 g/mol. The molecule has 0 spiro atoms. The minimum Gasteiger partial charge on any atom is -0.353 e. The Morgan fingerprint density at radius 2 is 1.89 bits per heavy atom. The summed E-state index contributed by atoms with van der Waals surface area (Å²) < 4.78 is 0. The molecule has 1 N–H and O–H groups in total. The van der Waals surface area contributed by atoms with Gasteiger partial charge in [-0.05, 0) is 26.0 Å². The first-order chi connectivity index (χ1) is 8.77. The molecule has 0 bridgehead atoms. The van der Waals surface area contributed by atoms with Gasteiger partial charge >= 0.3 is 0 Å². The van der Waals surface area contributed by atoms with Gasteiger partial charge in [0.2, 0.25) is 0 Å². The smallest absolute Gasteiger partial charge is 0.150 e. The molecule has 0 aromatic carbocycles. The van der Waals surface area contributed by atoms with Crippen LogP contribution in [-0.2, 0) is 0 Å². The van der Waals surface area contributed by atoms with E-state index in [9.17, 15) is 0 Å². The summed E-state index contributed by atoms with van der Waals surface area (Å²) in [7, 11) is 0. The van der Waals surface area contributed by atoms with Gasteiger partial charge in [0.15, 0.2) is 0 Å². The number of aryl methyl sites for hydroxylation is 2. The second-order valence-corrected chi connectivity index (χ2v) is 4.42. The predicted octanol–water partition coefficient (Wildman–Crippen LogP) is 1.63. The van der Waals surface area contributed by atoms with Gasteiger partial charge in [-0.3, -0.25) is 4.98 Å². The lowest BCUT2D eigenvalue weighted by atomic mass is 10.3. The summed E-state index contributed by atoms with van der Waals surface area (Å²) in [4.78, 5) is 11.4. The van der Waals surface area contributed by atoms with Gasteiger partial charge in [0.25, 0.3) is 0 Å². The van der Waals surface area contributed by atoms with Gasteiger partial charge in [-0.2, -0.15) is 0 Å². The summed E-state index contributed by atoms with van der Waals surface area (Å²) in [6, 6.07) is 7.91. The molecule has 18 heavy (non-hydrogen) atoms. The molecule has 0 aliphatic carbocycles. The summed E-state index contributed by atoms with van der Waals surface area (Å²) in [5.41, 5.74) is 1.98. The number of nitrogens with one attached hydrogen (secondary N) is 1. The van der Waals surface area contributed by atoms with Crippen LogP contribution in [0.5, 0.6) is 0 Å². The maximum atomic E-state index is 4.59. The van der Waals surface area contributed by atoms with Crippen LogP contribution in [0.4, 0.5) is 5.82 Å². The highest BCUT2D eigenvalue weighted by Gasteiger charge is 2.12. The molecule has 1 aromatic heterocycles. The van der Waals surface area contributed by atoms with Crippen molar-refractivity contribution < 1.29 is 0 Å². The van der Waals surface area contributed by atoms with E-state index in [1.807, 2.05) is 44.3 Å². The first-order valence-electron chi connectivity index (χ1n) is 6.36. The van der Waals surface area contributed by atoms with Crippen LogP contribution in [0.3, 0.4) is 0 Å². The highest BCUT2D eigenvalue weighted by molar-refractivity contribution is 5.42. The Labute approximate surface area is 108 Å². The first kappa shape index (κ1) is 12.8. The maximum absolute atomic E-state index is 4.59. The van der Waals surface area contributed by atoms with Crippen LogP contribution in [0.25, 0.3) is 0 Å². The van der Waals surface area contributed by atoms with Crippen molar-refractivity contribution in [3.63, 3.8) is 0 Å². The van der Waals surface area contributed by atoms with Crippen molar-refractivity contribution in [2.75, 3.05) is 31.1 Å². The zero-order valence-electron chi connectivity index (χ0n) is 11.1. The Bertz CT molecular complexity index is 452. The molecule has 0 radical (unpaired) electrons. The summed E-state index contributed by atoms with van der Waals surface area (Å²) >= 11 is 0. The summed E-state index contributed by atoms with van der Waals surface area (Å²) in [5, 5.41) is 3.35. The van der Waals surface area contributed by atoms with E-state index in [0.717, 1.165) is 43.4 Å². The van der Waals surface area contributed by atoms with Gasteiger partial charge in [-0.1, -0.05) is 12.1 Å². The van der Waals surface area contributed by atoms with Crippen LogP contribution >= 0.6 is 0 Å². The van der Waals surface area contributed by atoms with Crippen LogP contribution in [0.2, 0.25) is 0 Å². The van der Waals surface area contributed by atoms with Gasteiger partial charge < -0.3 is 10.2 Å². The van der Waals surface area contributed by atoms with E-state index in [1.165, 1.54) is 0 Å². The van der Waals surface area contributed by atoms with Crippen molar-refractivity contribution in [3.05, 3.63) is 41.9 Å². The standard InChI is InChI=1S/C14H20N4/c1-12-6-4-3-5-7-16-14(13(2)17-12)18-10-8-15-9-11-18/h3-7,15H,8-11H2,1-2H3. The fourth-order valence-electron chi connectivity index (χ4n) is 2.05. The molecule has 1 aliphatic rings. The molecule has 4 nitrogen and oxygen atoms in total. The number of hydrogen-bond donors (Lipinski definition) is 1. The average Bonchev–Trinajstić information content (AvgIpc) is 2.38. The lowest BCUT2D eigenvalue weighted by Gasteiger charge is -2.28. The first-order valence-corrected chi connectivity index (χ1v) is 6.36. The second kappa shape index (κ2) is 6.31. The van der Waals surface area contributed by atoms with Crippen LogP contribution in [0, 0.1) is 13.8 Å². The molecule has 1 fully saturated rings. The average molecular weight is 244 g/mol. The number of rotatable bonds is 1. The van der Waals surface area contributed by atoms with E-state index in [2.05, 4.69) is 20.2 Å². The largest absolute Gasteiger partial charge is 0.353 e. The highest BCUT2D eigenvalue weighted by atomic mass is 15.2. The van der Waals surface area contributed by atoms with Crippen LogP contribution in [-0.4, -0.2) is 36.1 Å². The number of nitrogens with zero attached hydrogens (tertiary/aromatic N) is 3. The summed E-state index contributed by atoms with van der Waals surface area (Å²) in [6.45, 7) is 8.01. The molecule has 1 saturated heterocycles. The highest BCUT2D eigenvalue weighted by Crippen LogP contribution is 2.13. The zero-order chi connectivity index (χ0) is 12.8. The van der Waals surface area contributed by atoms with E-state index in [4.69, 9.17) is 0 Å². The normalized spacial score (nSPS) is 15.1. The SMILES string of the molecule is Cc1cccccnc(N2CCNCC2)c(C)n1. The van der Waals surface area contributed by atoms with Crippen molar-refractivity contribution in [2.24, 2.45) is 0 Å². The fourth-order valence-corrected chi connectivity index (χ4v) is 2.05. The monoisotopic (exact) mass is 244 g/mol. The van der Waals surface area contributed by atoms with Gasteiger partial charge in [0, 0.05) is 38.1 Å². The number of piperazine rings is 1. The van der Waals surface area contributed by atoms with Crippen LogP contribution < -0.4 is 10.2 Å². The number of aromatic nitrogens is 2. The molecule has 0 unspecified atom stereocenters. The third-order valence-electron chi connectivity index (χ3n) is 2.93. The molecule has 1 aliphatic heterocycles. The van der Waals surface area contributed by atoms with E-state index in [-0.39, 0.29) is 0 Å². The van der Waals surface area contributed by atoms with Crippen LogP contribution in [0.1, 0.15) is 11.4 Å². The number of hydrogen-bond acceptors (Lipinski definition) is 4. The molecule has 0 saturated carbocycles. The van der Waals surface area contributed by atoms with Crippen molar-refractivity contribution in [1.29, 1.82) is 0 Å². The van der Waals surface area contributed by atoms with Crippen LogP contribution in [0.15, 0.2) is 30.5 Å². The molecule has 0 amide bonds. The van der Waals surface area contributed by atoms with Crippen molar-refractivity contribution in [2.45, 2.75) is 13.8 Å². The van der Waals surface area contributed by atoms with E-state index in [1.54, 1.807) is 0 Å². The van der Waals surface area contributed by atoms with Crippen molar-refractivity contribution >= 4 is 5.82 Å². The minimum absolute atomic E-state index is 0.977. The van der Waals surface area contributed by atoms with E-state index >= 15 is 0 Å². The predicted molar refractivity (Wildman–Crippen MR) is 74.2 cm³/mol. The third-order valence-corrected chi connectivity index (χ3v) is 2.93. The Hall–Kier alpha value is -1.68. The topological polar surface area (TPSA) is 41.1 Å². The number of anilines is 1. The Morgan fingerprint density at radius 1 is 1.11 bits per heavy atom. The van der Waals surface area contributed by atoms with E-state index < -0.39 is 0 Å². The summed E-state index contributed by atoms with van der Waals surface area (Å²) in [5.74, 6) is 0.982. The molecule has 2 heterocycles. The van der Waals surface area contributed by atoms with Gasteiger partial charge in [0.05, 0.1) is 5.69 Å². The summed E-state index contributed by atoms with van der Waals surface area (Å²) in [6.07, 6.45) is 1.83. The lowest BCUT2D eigenvalue weighted by molar-refractivity contribution is 0.583. The van der Waals surface area contributed by atoms with E-state index in [0.29, 0.717) is 0 Å². The molecular formula is C14H20N4. The quantitative estimate of drug-likeness (QED) is 0.815. The molecule has 1 aromatic rings. The lowest BCUT2D eigenvalue weighted by Crippen LogP contribution is -2.44. The minimum atomic E-state index is 0.977. The van der Waals surface area contributed by atoms with Gasteiger partial charge in [-0.15, -0.1) is 0 Å². The van der Waals surface area contributed by atoms with Gasteiger partial charge in [0.1, 0.15) is 5.82 Å². The molecule has 2 rings (SSSR count). The van der Waals surface area contributed by atoms with Crippen molar-refractivity contribution in [1.82, 2.24) is 15.3 Å². The zero-order valence-corrected chi connectivity index (χ0v) is 11.1. The maximum Gasteiger partial charge on any atom is 0.150 e. The third kappa shape index (κ3) is 3.40. The van der Waals surface area contributed by atoms with Crippen molar-refractivity contribution in [3.8, 4) is 0 Å². The Morgan fingerprint density at radius 3 is 2.67 bits per heavy atom. The second-order valence-electron chi connectivity index (χ2n) is 4.42. The molecule has 96 valence electrons. The Balaban J connectivity index is 2.44.